The predicted octanol–water partition coefficient (Wildman–Crippen LogP) is -0.214. The van der Waals surface area contributed by atoms with Crippen molar-refractivity contribution in [2.75, 3.05) is 12.4 Å². The Bertz CT molecular complexity index is 285. The van der Waals surface area contributed by atoms with Crippen molar-refractivity contribution in [3.05, 3.63) is 18.7 Å². The minimum absolute atomic E-state index is 0.138. The second-order valence-corrected chi connectivity index (χ2v) is 3.01. The van der Waals surface area contributed by atoms with E-state index in [1.165, 1.54) is 0 Å². The summed E-state index contributed by atoms with van der Waals surface area (Å²) in [7, 11) is 1.94. The molecular formula is C8H13N2O2S+. The van der Waals surface area contributed by atoms with Crippen LogP contribution in [-0.2, 0) is 23.1 Å². The predicted molar refractivity (Wildman–Crippen MR) is 50.4 cm³/mol. The fourth-order valence-electron chi connectivity index (χ4n) is 0.945. The molecule has 1 heterocycles. The molecule has 0 aliphatic heterocycles. The molecule has 1 rings (SSSR count). The summed E-state index contributed by atoms with van der Waals surface area (Å²) < 4.78 is 8.74. The van der Waals surface area contributed by atoms with Crippen LogP contribution in [0.2, 0.25) is 0 Å². The second-order valence-electron chi connectivity index (χ2n) is 2.70. The molecule has 0 aliphatic rings. The molecule has 72 valence electrons. The normalized spacial score (nSPS) is 10.0. The maximum atomic E-state index is 10.7. The lowest BCUT2D eigenvalue weighted by Crippen LogP contribution is -2.24. The van der Waals surface area contributed by atoms with Crippen molar-refractivity contribution in [2.24, 2.45) is 7.05 Å². The summed E-state index contributed by atoms with van der Waals surface area (Å²) >= 11 is 3.79. The van der Waals surface area contributed by atoms with Gasteiger partial charge in [0.2, 0.25) is 6.33 Å². The van der Waals surface area contributed by atoms with Crippen LogP contribution in [0.5, 0.6) is 0 Å². The number of carbonyl (C=O) groups excluding carboxylic acids is 1. The van der Waals surface area contributed by atoms with Crippen LogP contribution in [0.1, 0.15) is 0 Å². The number of rotatable bonds is 4. The van der Waals surface area contributed by atoms with Crippen molar-refractivity contribution in [2.45, 2.75) is 6.54 Å². The van der Waals surface area contributed by atoms with Crippen molar-refractivity contribution < 1.29 is 14.1 Å². The highest BCUT2D eigenvalue weighted by atomic mass is 32.1. The quantitative estimate of drug-likeness (QED) is 0.415. The summed E-state index contributed by atoms with van der Waals surface area (Å²) in [4.78, 5) is 10.7. The monoisotopic (exact) mass is 201 g/mol. The van der Waals surface area contributed by atoms with Gasteiger partial charge in [-0.3, -0.25) is 4.79 Å². The van der Waals surface area contributed by atoms with Gasteiger partial charge in [0.05, 0.1) is 12.8 Å². The number of hydrogen-bond acceptors (Lipinski definition) is 3. The minimum atomic E-state index is -0.278. The van der Waals surface area contributed by atoms with Crippen molar-refractivity contribution in [1.29, 1.82) is 0 Å². The van der Waals surface area contributed by atoms with Crippen molar-refractivity contribution >= 4 is 18.6 Å². The SMILES string of the molecule is C[n+]1ccn(CCOC(=O)CS)c1. The first-order chi connectivity index (χ1) is 6.22. The summed E-state index contributed by atoms with van der Waals surface area (Å²) in [5, 5.41) is 0. The molecule has 0 spiro atoms. The molecule has 1 aromatic rings. The van der Waals surface area contributed by atoms with Gasteiger partial charge < -0.3 is 4.74 Å². The molecule has 0 N–H and O–H groups in total. The van der Waals surface area contributed by atoms with E-state index in [4.69, 9.17) is 4.74 Å². The third-order valence-corrected chi connectivity index (χ3v) is 1.82. The largest absolute Gasteiger partial charge is 0.461 e. The summed E-state index contributed by atoms with van der Waals surface area (Å²) in [6.45, 7) is 1.08. The van der Waals surface area contributed by atoms with Gasteiger partial charge in [-0.05, 0) is 0 Å². The zero-order valence-electron chi connectivity index (χ0n) is 7.51. The molecule has 1 aromatic heterocycles. The van der Waals surface area contributed by atoms with E-state index < -0.39 is 0 Å². The Kier molecular flexibility index (Phi) is 3.82. The van der Waals surface area contributed by atoms with Crippen LogP contribution in [0.15, 0.2) is 18.7 Å². The van der Waals surface area contributed by atoms with Gasteiger partial charge in [0, 0.05) is 0 Å². The third-order valence-electron chi connectivity index (χ3n) is 1.57. The standard InChI is InChI=1S/C8H12N2O2S/c1-9-2-3-10(7-9)4-5-12-8(11)6-13/h2-3,7H,4-6H2,1H3/p+1. The van der Waals surface area contributed by atoms with Crippen molar-refractivity contribution in [3.63, 3.8) is 0 Å². The Balaban J connectivity index is 2.24. The molecule has 0 amide bonds. The molecule has 0 radical (unpaired) electrons. The zero-order chi connectivity index (χ0) is 9.68. The van der Waals surface area contributed by atoms with Crippen LogP contribution in [0.4, 0.5) is 0 Å². The molecular weight excluding hydrogens is 188 g/mol. The van der Waals surface area contributed by atoms with E-state index in [2.05, 4.69) is 12.6 Å². The number of aryl methyl sites for hydroxylation is 1. The number of imidazole rings is 1. The van der Waals surface area contributed by atoms with Crippen LogP contribution in [-0.4, -0.2) is 22.9 Å². The van der Waals surface area contributed by atoms with Crippen LogP contribution in [0, 0.1) is 0 Å². The molecule has 5 heteroatoms. The Hall–Kier alpha value is -0.970. The third kappa shape index (κ3) is 3.50. The average molecular weight is 201 g/mol. The van der Waals surface area contributed by atoms with E-state index in [1.54, 1.807) is 0 Å². The number of ether oxygens (including phenoxy) is 1. The Morgan fingerprint density at radius 1 is 1.69 bits per heavy atom. The number of nitrogens with zero attached hydrogens (tertiary/aromatic N) is 2. The van der Waals surface area contributed by atoms with E-state index in [0.717, 1.165) is 0 Å². The first-order valence-corrected chi connectivity index (χ1v) is 4.63. The van der Waals surface area contributed by atoms with E-state index in [0.29, 0.717) is 13.2 Å². The van der Waals surface area contributed by atoms with Crippen molar-refractivity contribution in [1.82, 2.24) is 4.57 Å². The molecule has 0 fully saturated rings. The molecule has 13 heavy (non-hydrogen) atoms. The number of thiol groups is 1. The molecule has 0 atom stereocenters. The van der Waals surface area contributed by atoms with Gasteiger partial charge in [-0.1, -0.05) is 0 Å². The van der Waals surface area contributed by atoms with E-state index in [9.17, 15) is 4.79 Å². The molecule has 0 unspecified atom stereocenters. The van der Waals surface area contributed by atoms with Gasteiger partial charge in [-0.25, -0.2) is 9.13 Å². The van der Waals surface area contributed by atoms with Crippen LogP contribution < -0.4 is 4.57 Å². The van der Waals surface area contributed by atoms with Gasteiger partial charge in [0.15, 0.2) is 0 Å². The lowest BCUT2D eigenvalue weighted by molar-refractivity contribution is -0.671. The molecule has 0 aromatic carbocycles. The highest BCUT2D eigenvalue weighted by Gasteiger charge is 2.02. The van der Waals surface area contributed by atoms with E-state index in [1.807, 2.05) is 34.9 Å². The Morgan fingerprint density at radius 3 is 3.00 bits per heavy atom. The number of esters is 1. The summed E-state index contributed by atoms with van der Waals surface area (Å²) in [5.74, 6) is -0.140. The zero-order valence-corrected chi connectivity index (χ0v) is 8.41. The van der Waals surface area contributed by atoms with E-state index >= 15 is 0 Å². The van der Waals surface area contributed by atoms with Gasteiger partial charge in [0.25, 0.3) is 0 Å². The minimum Gasteiger partial charge on any atom is -0.461 e. The van der Waals surface area contributed by atoms with Gasteiger partial charge >= 0.3 is 5.97 Å². The maximum Gasteiger partial charge on any atom is 0.315 e. The average Bonchev–Trinajstić information content (AvgIpc) is 2.51. The molecule has 0 saturated carbocycles. The molecule has 0 aliphatic carbocycles. The number of aromatic nitrogens is 2. The van der Waals surface area contributed by atoms with Gasteiger partial charge in [-0.2, -0.15) is 12.6 Å². The summed E-state index contributed by atoms with van der Waals surface area (Å²) in [6, 6.07) is 0. The maximum absolute atomic E-state index is 10.7. The van der Waals surface area contributed by atoms with Gasteiger partial charge in [0.1, 0.15) is 25.5 Å². The fraction of sp³-hybridized carbons (Fsp3) is 0.500. The second kappa shape index (κ2) is 4.91. The van der Waals surface area contributed by atoms with Crippen molar-refractivity contribution in [3.8, 4) is 0 Å². The fourth-order valence-corrected chi connectivity index (χ4v) is 1.04. The lowest BCUT2D eigenvalue weighted by Gasteiger charge is -1.99. The Morgan fingerprint density at radius 2 is 2.46 bits per heavy atom. The lowest BCUT2D eigenvalue weighted by atomic mass is 10.6. The van der Waals surface area contributed by atoms with E-state index in [-0.39, 0.29) is 11.7 Å². The van der Waals surface area contributed by atoms with Crippen LogP contribution >= 0.6 is 12.6 Å². The van der Waals surface area contributed by atoms with Gasteiger partial charge in [-0.15, -0.1) is 0 Å². The summed E-state index contributed by atoms with van der Waals surface area (Å²) in [6.07, 6.45) is 5.78. The molecule has 4 nitrogen and oxygen atoms in total. The number of hydrogen-bond donors (Lipinski definition) is 1. The highest BCUT2D eigenvalue weighted by Crippen LogP contribution is 1.87. The Labute approximate surface area is 82.5 Å². The number of carbonyl (C=O) groups is 1. The summed E-state index contributed by atoms with van der Waals surface area (Å²) in [5.41, 5.74) is 0. The molecule has 0 saturated heterocycles. The first-order valence-electron chi connectivity index (χ1n) is 4.00. The smallest absolute Gasteiger partial charge is 0.315 e. The van der Waals surface area contributed by atoms with Crippen LogP contribution in [0.25, 0.3) is 0 Å². The highest BCUT2D eigenvalue weighted by molar-refractivity contribution is 7.81. The molecule has 0 bridgehead atoms. The van der Waals surface area contributed by atoms with Crippen LogP contribution in [0.3, 0.4) is 0 Å². The first kappa shape index (κ1) is 10.1. The topological polar surface area (TPSA) is 35.1 Å².